The van der Waals surface area contributed by atoms with Crippen molar-refractivity contribution in [1.29, 1.82) is 0 Å². The van der Waals surface area contributed by atoms with Crippen LogP contribution in [-0.2, 0) is 16.1 Å². The quantitative estimate of drug-likeness (QED) is 0.884. The van der Waals surface area contributed by atoms with Crippen molar-refractivity contribution in [3.05, 3.63) is 71.3 Å². The van der Waals surface area contributed by atoms with Gasteiger partial charge >= 0.3 is 5.97 Å². The molecular weight excluding hydrogens is 302 g/mol. The molecule has 1 aliphatic carbocycles. The summed E-state index contributed by atoms with van der Waals surface area (Å²) in [5.74, 6) is -1.13. The van der Waals surface area contributed by atoms with Crippen LogP contribution >= 0.6 is 0 Å². The summed E-state index contributed by atoms with van der Waals surface area (Å²) in [6.07, 6.45) is 0.907. The van der Waals surface area contributed by atoms with Crippen molar-refractivity contribution in [3.8, 4) is 0 Å². The summed E-state index contributed by atoms with van der Waals surface area (Å²) < 4.78 is 0. The number of rotatable bonds is 3. The molecule has 0 spiro atoms. The third-order valence-corrected chi connectivity index (χ3v) is 5.25. The number of amides is 1. The van der Waals surface area contributed by atoms with Crippen LogP contribution in [0.4, 0.5) is 0 Å². The lowest BCUT2D eigenvalue weighted by molar-refractivity contribution is -0.154. The van der Waals surface area contributed by atoms with E-state index < -0.39 is 11.4 Å². The van der Waals surface area contributed by atoms with Crippen molar-refractivity contribution in [2.24, 2.45) is 5.41 Å². The van der Waals surface area contributed by atoms with E-state index >= 15 is 0 Å². The topological polar surface area (TPSA) is 57.6 Å². The average Bonchev–Trinajstić information content (AvgIpc) is 3.43. The highest BCUT2D eigenvalue weighted by Crippen LogP contribution is 2.48. The third kappa shape index (κ3) is 2.30. The molecule has 24 heavy (non-hydrogen) atoms. The van der Waals surface area contributed by atoms with E-state index in [4.69, 9.17) is 0 Å². The van der Waals surface area contributed by atoms with Gasteiger partial charge in [0.25, 0.3) is 0 Å². The Balaban J connectivity index is 1.71. The number of carbonyl (C=O) groups is 2. The summed E-state index contributed by atoms with van der Waals surface area (Å²) in [4.78, 5) is 26.1. The minimum absolute atomic E-state index is 0.0877. The van der Waals surface area contributed by atoms with E-state index in [1.165, 1.54) is 5.56 Å². The molecule has 0 unspecified atom stereocenters. The van der Waals surface area contributed by atoms with Crippen molar-refractivity contribution >= 4 is 11.9 Å². The van der Waals surface area contributed by atoms with Gasteiger partial charge in [-0.1, -0.05) is 54.6 Å². The first-order valence-corrected chi connectivity index (χ1v) is 8.27. The Labute approximate surface area is 140 Å². The molecule has 1 heterocycles. The minimum atomic E-state index is -1.17. The summed E-state index contributed by atoms with van der Waals surface area (Å²) in [6, 6.07) is 18.2. The fraction of sp³-hybridized carbons (Fsp3) is 0.300. The number of nitrogens with zero attached hydrogens (tertiary/aromatic N) is 1. The summed E-state index contributed by atoms with van der Waals surface area (Å²) in [7, 11) is 0. The fourth-order valence-corrected chi connectivity index (χ4v) is 3.68. The van der Waals surface area contributed by atoms with Gasteiger partial charge in [-0.3, -0.25) is 9.59 Å². The Bertz CT molecular complexity index is 796. The Morgan fingerprint density at radius 1 is 1.00 bits per heavy atom. The number of hydrogen-bond acceptors (Lipinski definition) is 2. The van der Waals surface area contributed by atoms with Gasteiger partial charge in [-0.2, -0.15) is 0 Å². The molecule has 1 atom stereocenters. The molecule has 2 aromatic carbocycles. The molecule has 2 aliphatic rings. The number of carboxylic acid groups (broad SMARTS) is 1. The zero-order valence-electron chi connectivity index (χ0n) is 13.3. The lowest BCUT2D eigenvalue weighted by Crippen LogP contribution is -2.44. The van der Waals surface area contributed by atoms with Gasteiger partial charge in [0.05, 0.1) is 0 Å². The van der Waals surface area contributed by atoms with Crippen LogP contribution < -0.4 is 0 Å². The van der Waals surface area contributed by atoms with E-state index in [9.17, 15) is 14.7 Å². The Morgan fingerprint density at radius 3 is 2.33 bits per heavy atom. The summed E-state index contributed by atoms with van der Waals surface area (Å²) >= 11 is 0. The standard InChI is InChI=1S/C20H19NO3/c22-18(20(10-11-20)19(23)24)21-12-15-8-4-5-9-16(15)17(13-21)14-6-2-1-3-7-14/h1-9,17H,10-13H2,(H,23,24)/t17-/m0/s1. The zero-order chi connectivity index (χ0) is 16.7. The number of carboxylic acids is 1. The number of benzene rings is 2. The molecule has 0 aromatic heterocycles. The SMILES string of the molecule is O=C(O)C1(C(=O)N2Cc3ccccc3[C@H](c3ccccc3)C2)CC1. The van der Waals surface area contributed by atoms with Gasteiger partial charge in [0.2, 0.25) is 5.91 Å². The largest absolute Gasteiger partial charge is 0.480 e. The molecule has 1 saturated carbocycles. The number of aliphatic carboxylic acids is 1. The van der Waals surface area contributed by atoms with Crippen LogP contribution in [0.3, 0.4) is 0 Å². The van der Waals surface area contributed by atoms with Crippen LogP contribution in [0.1, 0.15) is 35.4 Å². The highest BCUT2D eigenvalue weighted by Gasteiger charge is 2.59. The second kappa shape index (κ2) is 5.48. The summed E-state index contributed by atoms with van der Waals surface area (Å²) in [6.45, 7) is 1.03. The first kappa shape index (κ1) is 14.9. The first-order valence-electron chi connectivity index (χ1n) is 8.27. The van der Waals surface area contributed by atoms with Gasteiger partial charge in [-0.15, -0.1) is 0 Å². The van der Waals surface area contributed by atoms with Gasteiger partial charge in [-0.25, -0.2) is 0 Å². The van der Waals surface area contributed by atoms with Gasteiger partial charge in [0, 0.05) is 19.0 Å². The number of fused-ring (bicyclic) bond motifs is 1. The molecule has 0 radical (unpaired) electrons. The smallest absolute Gasteiger partial charge is 0.319 e. The van der Waals surface area contributed by atoms with Crippen LogP contribution in [0.5, 0.6) is 0 Å². The van der Waals surface area contributed by atoms with Crippen molar-refractivity contribution in [3.63, 3.8) is 0 Å². The van der Waals surface area contributed by atoms with Gasteiger partial charge in [-0.05, 0) is 29.5 Å². The Morgan fingerprint density at radius 2 is 1.67 bits per heavy atom. The third-order valence-electron chi connectivity index (χ3n) is 5.25. The minimum Gasteiger partial charge on any atom is -0.480 e. The van der Waals surface area contributed by atoms with Crippen LogP contribution in [0, 0.1) is 5.41 Å². The molecule has 0 bridgehead atoms. The maximum Gasteiger partial charge on any atom is 0.319 e. The molecule has 2 aromatic rings. The molecular formula is C20H19NO3. The van der Waals surface area contributed by atoms with E-state index in [2.05, 4.69) is 18.2 Å². The van der Waals surface area contributed by atoms with E-state index in [1.807, 2.05) is 36.4 Å². The van der Waals surface area contributed by atoms with Crippen LogP contribution in [0.15, 0.2) is 54.6 Å². The van der Waals surface area contributed by atoms with Crippen LogP contribution in [0.25, 0.3) is 0 Å². The van der Waals surface area contributed by atoms with Crippen molar-refractivity contribution < 1.29 is 14.7 Å². The fourth-order valence-electron chi connectivity index (χ4n) is 3.68. The Hall–Kier alpha value is -2.62. The second-order valence-electron chi connectivity index (χ2n) is 6.74. The van der Waals surface area contributed by atoms with Crippen LogP contribution in [-0.4, -0.2) is 28.4 Å². The summed E-state index contributed by atoms with van der Waals surface area (Å²) in [5, 5.41) is 9.44. The maximum absolute atomic E-state index is 12.9. The summed E-state index contributed by atoms with van der Waals surface area (Å²) in [5.41, 5.74) is 2.32. The lowest BCUT2D eigenvalue weighted by atomic mass is 9.84. The van der Waals surface area contributed by atoms with E-state index in [1.54, 1.807) is 4.90 Å². The first-order chi connectivity index (χ1) is 11.6. The van der Waals surface area contributed by atoms with Crippen molar-refractivity contribution in [2.75, 3.05) is 6.54 Å². The maximum atomic E-state index is 12.9. The number of hydrogen-bond donors (Lipinski definition) is 1. The Kier molecular flexibility index (Phi) is 3.41. The molecule has 1 aliphatic heterocycles. The normalized spacial score (nSPS) is 21.0. The van der Waals surface area contributed by atoms with Gasteiger partial charge < -0.3 is 10.0 Å². The predicted molar refractivity (Wildman–Crippen MR) is 89.4 cm³/mol. The van der Waals surface area contributed by atoms with E-state index in [0.717, 1.165) is 11.1 Å². The molecule has 1 amide bonds. The lowest BCUT2D eigenvalue weighted by Gasteiger charge is -2.36. The highest BCUT2D eigenvalue weighted by molar-refractivity contribution is 6.04. The molecule has 1 N–H and O–H groups in total. The second-order valence-corrected chi connectivity index (χ2v) is 6.74. The molecule has 4 heteroatoms. The molecule has 1 fully saturated rings. The van der Waals surface area contributed by atoms with Gasteiger partial charge in [0.1, 0.15) is 5.41 Å². The highest BCUT2D eigenvalue weighted by atomic mass is 16.4. The zero-order valence-corrected chi connectivity index (χ0v) is 13.3. The average molecular weight is 321 g/mol. The predicted octanol–water partition coefficient (Wildman–Crippen LogP) is 3.03. The van der Waals surface area contributed by atoms with E-state index in [-0.39, 0.29) is 11.8 Å². The van der Waals surface area contributed by atoms with E-state index in [0.29, 0.717) is 25.9 Å². The van der Waals surface area contributed by atoms with Gasteiger partial charge in [0.15, 0.2) is 0 Å². The molecule has 4 rings (SSSR count). The molecule has 0 saturated heterocycles. The molecule has 122 valence electrons. The monoisotopic (exact) mass is 321 g/mol. The molecule has 4 nitrogen and oxygen atoms in total. The van der Waals surface area contributed by atoms with Crippen molar-refractivity contribution in [1.82, 2.24) is 4.90 Å². The number of carbonyl (C=O) groups excluding carboxylic acids is 1. The van der Waals surface area contributed by atoms with Crippen LogP contribution in [0.2, 0.25) is 0 Å². The van der Waals surface area contributed by atoms with Crippen molar-refractivity contribution in [2.45, 2.75) is 25.3 Å².